The number of rotatable bonds is 4. The SMILES string of the molecule is COc1c(N)cccc1C(=O)OCc1cn2ccsc2n1. The Morgan fingerprint density at radius 3 is 3.10 bits per heavy atom. The lowest BCUT2D eigenvalue weighted by molar-refractivity contribution is 0.0465. The fourth-order valence-electron chi connectivity index (χ4n) is 2.01. The van der Waals surface area contributed by atoms with E-state index >= 15 is 0 Å². The van der Waals surface area contributed by atoms with Gasteiger partial charge in [-0.05, 0) is 12.1 Å². The van der Waals surface area contributed by atoms with Crippen LogP contribution in [0.15, 0.2) is 36.0 Å². The zero-order chi connectivity index (χ0) is 14.8. The number of anilines is 1. The number of nitrogens with two attached hydrogens (primary N) is 1. The van der Waals surface area contributed by atoms with E-state index in [-0.39, 0.29) is 6.61 Å². The van der Waals surface area contributed by atoms with Crippen LogP contribution in [-0.2, 0) is 11.3 Å². The van der Waals surface area contributed by atoms with Crippen molar-refractivity contribution in [3.8, 4) is 5.75 Å². The van der Waals surface area contributed by atoms with E-state index in [0.717, 1.165) is 4.96 Å². The Labute approximate surface area is 124 Å². The van der Waals surface area contributed by atoms with E-state index in [1.165, 1.54) is 18.4 Å². The highest BCUT2D eigenvalue weighted by atomic mass is 32.1. The molecule has 0 saturated carbocycles. The molecule has 0 aliphatic heterocycles. The highest BCUT2D eigenvalue weighted by Crippen LogP contribution is 2.26. The second kappa shape index (κ2) is 5.45. The maximum atomic E-state index is 12.1. The summed E-state index contributed by atoms with van der Waals surface area (Å²) in [4.78, 5) is 17.3. The second-order valence-electron chi connectivity index (χ2n) is 4.33. The largest absolute Gasteiger partial charge is 0.494 e. The van der Waals surface area contributed by atoms with Gasteiger partial charge in [0.2, 0.25) is 0 Å². The summed E-state index contributed by atoms with van der Waals surface area (Å²) in [6.07, 6.45) is 3.73. The molecule has 0 unspecified atom stereocenters. The molecule has 0 saturated heterocycles. The Kier molecular flexibility index (Phi) is 3.49. The second-order valence-corrected chi connectivity index (χ2v) is 5.20. The number of nitrogens with zero attached hydrogens (tertiary/aromatic N) is 2. The van der Waals surface area contributed by atoms with Crippen molar-refractivity contribution in [3.63, 3.8) is 0 Å². The minimum Gasteiger partial charge on any atom is -0.494 e. The summed E-state index contributed by atoms with van der Waals surface area (Å²) in [6.45, 7) is 0.102. The van der Waals surface area contributed by atoms with E-state index in [4.69, 9.17) is 15.2 Å². The first kappa shape index (κ1) is 13.4. The van der Waals surface area contributed by atoms with Crippen LogP contribution in [0.2, 0.25) is 0 Å². The molecule has 2 N–H and O–H groups in total. The number of hydrogen-bond acceptors (Lipinski definition) is 6. The molecule has 1 aromatic carbocycles. The van der Waals surface area contributed by atoms with Gasteiger partial charge in [-0.2, -0.15) is 0 Å². The van der Waals surface area contributed by atoms with E-state index in [1.54, 1.807) is 18.2 Å². The van der Waals surface area contributed by atoms with Gasteiger partial charge in [-0.1, -0.05) is 6.07 Å². The van der Waals surface area contributed by atoms with Crippen LogP contribution in [0.5, 0.6) is 5.75 Å². The van der Waals surface area contributed by atoms with Gasteiger partial charge >= 0.3 is 5.97 Å². The third-order valence-electron chi connectivity index (χ3n) is 2.96. The number of esters is 1. The maximum Gasteiger partial charge on any atom is 0.342 e. The van der Waals surface area contributed by atoms with Crippen molar-refractivity contribution in [2.45, 2.75) is 6.61 Å². The lowest BCUT2D eigenvalue weighted by Crippen LogP contribution is -2.08. The standard InChI is InChI=1S/C14H13N3O3S/c1-19-12-10(3-2-4-11(12)15)13(18)20-8-9-7-17-5-6-21-14(17)16-9/h2-7H,8,15H2,1H3. The van der Waals surface area contributed by atoms with Crippen LogP contribution in [0.25, 0.3) is 4.96 Å². The normalized spacial score (nSPS) is 10.7. The first-order valence-electron chi connectivity index (χ1n) is 6.19. The molecule has 3 rings (SSSR count). The number of imidazole rings is 1. The van der Waals surface area contributed by atoms with Gasteiger partial charge in [0.1, 0.15) is 12.2 Å². The highest BCUT2D eigenvalue weighted by molar-refractivity contribution is 7.15. The van der Waals surface area contributed by atoms with Crippen molar-refractivity contribution in [2.75, 3.05) is 12.8 Å². The molecule has 0 aliphatic carbocycles. The minimum atomic E-state index is -0.490. The highest BCUT2D eigenvalue weighted by Gasteiger charge is 2.16. The molecule has 0 radical (unpaired) electrons. The number of para-hydroxylation sites is 1. The molecule has 108 valence electrons. The Hall–Kier alpha value is -2.54. The predicted molar refractivity (Wildman–Crippen MR) is 79.6 cm³/mol. The van der Waals surface area contributed by atoms with Crippen LogP contribution in [0.3, 0.4) is 0 Å². The van der Waals surface area contributed by atoms with Crippen LogP contribution in [0.4, 0.5) is 5.69 Å². The fraction of sp³-hybridized carbons (Fsp3) is 0.143. The van der Waals surface area contributed by atoms with Gasteiger partial charge in [-0.15, -0.1) is 11.3 Å². The maximum absolute atomic E-state index is 12.1. The summed E-state index contributed by atoms with van der Waals surface area (Å²) in [5, 5.41) is 1.94. The fourth-order valence-corrected chi connectivity index (χ4v) is 2.73. The van der Waals surface area contributed by atoms with Crippen molar-refractivity contribution < 1.29 is 14.3 Å². The van der Waals surface area contributed by atoms with E-state index in [0.29, 0.717) is 22.7 Å². The summed E-state index contributed by atoms with van der Waals surface area (Å²) in [5.41, 5.74) is 7.16. The number of methoxy groups -OCH3 is 1. The Bertz CT molecular complexity index is 765. The minimum absolute atomic E-state index is 0.102. The number of thiazole rings is 1. The monoisotopic (exact) mass is 303 g/mol. The molecule has 0 atom stereocenters. The number of nitrogen functional groups attached to an aromatic ring is 1. The third-order valence-corrected chi connectivity index (χ3v) is 3.73. The molecule has 2 aromatic heterocycles. The van der Waals surface area contributed by atoms with Crippen LogP contribution in [-0.4, -0.2) is 22.5 Å². The first-order chi connectivity index (χ1) is 10.2. The molecule has 21 heavy (non-hydrogen) atoms. The van der Waals surface area contributed by atoms with Crippen LogP contribution >= 0.6 is 11.3 Å². The lowest BCUT2D eigenvalue weighted by atomic mass is 10.2. The average molecular weight is 303 g/mol. The molecule has 0 aliphatic rings. The summed E-state index contributed by atoms with van der Waals surface area (Å²) in [5.74, 6) is -0.163. The molecule has 2 heterocycles. The molecule has 0 fully saturated rings. The topological polar surface area (TPSA) is 78.8 Å². The summed E-state index contributed by atoms with van der Waals surface area (Å²) >= 11 is 1.52. The van der Waals surface area contributed by atoms with E-state index in [1.807, 2.05) is 22.2 Å². The van der Waals surface area contributed by atoms with Crippen LogP contribution < -0.4 is 10.5 Å². The van der Waals surface area contributed by atoms with Gasteiger partial charge in [-0.3, -0.25) is 4.40 Å². The zero-order valence-electron chi connectivity index (χ0n) is 11.3. The van der Waals surface area contributed by atoms with Crippen molar-refractivity contribution in [2.24, 2.45) is 0 Å². The number of hydrogen-bond donors (Lipinski definition) is 1. The number of carbonyl (C=O) groups excluding carboxylic acids is 1. The summed E-state index contributed by atoms with van der Waals surface area (Å²) < 4.78 is 12.3. The van der Waals surface area contributed by atoms with Crippen molar-refractivity contribution >= 4 is 28.0 Å². The number of fused-ring (bicyclic) bond motifs is 1. The number of aromatic nitrogens is 2. The molecule has 0 bridgehead atoms. The molecular formula is C14H13N3O3S. The van der Waals surface area contributed by atoms with Crippen molar-refractivity contribution in [1.82, 2.24) is 9.38 Å². The van der Waals surface area contributed by atoms with Gasteiger partial charge in [0.15, 0.2) is 10.7 Å². The first-order valence-corrected chi connectivity index (χ1v) is 7.07. The molecule has 3 aromatic rings. The number of carbonyl (C=O) groups is 1. The smallest absolute Gasteiger partial charge is 0.342 e. The Morgan fingerprint density at radius 2 is 2.33 bits per heavy atom. The third kappa shape index (κ3) is 2.55. The van der Waals surface area contributed by atoms with Gasteiger partial charge in [-0.25, -0.2) is 9.78 Å². The quantitative estimate of drug-likeness (QED) is 0.591. The van der Waals surface area contributed by atoms with Gasteiger partial charge < -0.3 is 15.2 Å². The van der Waals surface area contributed by atoms with E-state index in [9.17, 15) is 4.79 Å². The molecule has 0 spiro atoms. The Morgan fingerprint density at radius 1 is 1.48 bits per heavy atom. The van der Waals surface area contributed by atoms with Gasteiger partial charge in [0.25, 0.3) is 0 Å². The summed E-state index contributed by atoms with van der Waals surface area (Å²) in [6, 6.07) is 4.96. The van der Waals surface area contributed by atoms with Crippen molar-refractivity contribution in [1.29, 1.82) is 0 Å². The van der Waals surface area contributed by atoms with Crippen LogP contribution in [0, 0.1) is 0 Å². The Balaban J connectivity index is 1.74. The molecule has 6 nitrogen and oxygen atoms in total. The van der Waals surface area contributed by atoms with Gasteiger partial charge in [0.05, 0.1) is 18.5 Å². The predicted octanol–water partition coefficient (Wildman–Crippen LogP) is 2.34. The molecule has 7 heteroatoms. The average Bonchev–Trinajstić information content (AvgIpc) is 3.05. The van der Waals surface area contributed by atoms with Crippen LogP contribution in [0.1, 0.15) is 16.1 Å². The zero-order valence-corrected chi connectivity index (χ0v) is 12.1. The lowest BCUT2D eigenvalue weighted by Gasteiger charge is -2.09. The number of benzene rings is 1. The van der Waals surface area contributed by atoms with E-state index in [2.05, 4.69) is 4.98 Å². The van der Waals surface area contributed by atoms with Gasteiger partial charge in [0, 0.05) is 17.8 Å². The summed E-state index contributed by atoms with van der Waals surface area (Å²) in [7, 11) is 1.46. The van der Waals surface area contributed by atoms with E-state index < -0.39 is 5.97 Å². The molecular weight excluding hydrogens is 290 g/mol. The number of ether oxygens (including phenoxy) is 2. The molecule has 0 amide bonds. The van der Waals surface area contributed by atoms with Crippen molar-refractivity contribution in [3.05, 3.63) is 47.2 Å².